The standard InChI is InChI=1S/C16H7Cl3N4/c17-8-1-2-9(12(18)5-8)14-10-6-13(19)16-11(7-22-23-16)15(10)21-4-3-20-14/h1-7H. The molecule has 0 aliphatic rings. The second kappa shape index (κ2) is 5.57. The van der Waals surface area contributed by atoms with Crippen LogP contribution in [0, 0.1) is 0 Å². The molecule has 0 spiro atoms. The van der Waals surface area contributed by atoms with Crippen molar-refractivity contribution >= 4 is 56.6 Å². The Bertz CT molecular complexity index is 1070. The van der Waals surface area contributed by atoms with E-state index in [9.17, 15) is 0 Å². The van der Waals surface area contributed by atoms with Crippen molar-refractivity contribution in [2.75, 3.05) is 0 Å². The Labute approximate surface area is 146 Å². The van der Waals surface area contributed by atoms with Crippen molar-refractivity contribution in [2.45, 2.75) is 0 Å². The van der Waals surface area contributed by atoms with Gasteiger partial charge in [-0.05, 0) is 24.3 Å². The zero-order chi connectivity index (χ0) is 16.0. The van der Waals surface area contributed by atoms with Crippen LogP contribution in [0.15, 0.2) is 42.9 Å². The second-order valence-electron chi connectivity index (χ2n) is 4.89. The molecular weight excluding hydrogens is 355 g/mol. The molecule has 23 heavy (non-hydrogen) atoms. The molecule has 2 aromatic heterocycles. The fraction of sp³-hybridized carbons (Fsp3) is 0. The minimum absolute atomic E-state index is 0.492. The van der Waals surface area contributed by atoms with Crippen molar-refractivity contribution < 1.29 is 0 Å². The number of rotatable bonds is 1. The molecular formula is C16H7Cl3N4. The summed E-state index contributed by atoms with van der Waals surface area (Å²) >= 11 is 18.7. The first kappa shape index (κ1) is 14.6. The Morgan fingerprint density at radius 2 is 1.61 bits per heavy atom. The highest BCUT2D eigenvalue weighted by Crippen LogP contribution is 2.36. The van der Waals surface area contributed by atoms with E-state index in [1.807, 2.05) is 6.07 Å². The maximum absolute atomic E-state index is 6.34. The van der Waals surface area contributed by atoms with Crippen LogP contribution in [0.2, 0.25) is 15.1 Å². The fourth-order valence-corrected chi connectivity index (χ4v) is 3.27. The third kappa shape index (κ3) is 2.39. The van der Waals surface area contributed by atoms with Gasteiger partial charge in [0.25, 0.3) is 0 Å². The number of aromatic nitrogens is 4. The molecule has 0 amide bonds. The van der Waals surface area contributed by atoms with Crippen LogP contribution in [0.25, 0.3) is 33.1 Å². The summed E-state index contributed by atoms with van der Waals surface area (Å²) in [5.41, 5.74) is 2.75. The van der Waals surface area contributed by atoms with E-state index < -0.39 is 0 Å². The van der Waals surface area contributed by atoms with Crippen LogP contribution >= 0.6 is 34.8 Å². The van der Waals surface area contributed by atoms with Gasteiger partial charge in [-0.1, -0.05) is 34.8 Å². The van der Waals surface area contributed by atoms with E-state index in [-0.39, 0.29) is 0 Å². The summed E-state index contributed by atoms with van der Waals surface area (Å²) in [6, 6.07) is 7.06. The molecule has 0 unspecified atom stereocenters. The molecule has 7 heteroatoms. The Morgan fingerprint density at radius 1 is 0.783 bits per heavy atom. The van der Waals surface area contributed by atoms with Gasteiger partial charge in [-0.15, -0.1) is 5.10 Å². The third-order valence-electron chi connectivity index (χ3n) is 3.52. The van der Waals surface area contributed by atoms with Gasteiger partial charge in [0.05, 0.1) is 32.8 Å². The average Bonchev–Trinajstić information content (AvgIpc) is 2.92. The quantitative estimate of drug-likeness (QED) is 0.467. The molecule has 0 aliphatic carbocycles. The van der Waals surface area contributed by atoms with Gasteiger partial charge in [-0.25, -0.2) is 0 Å². The molecule has 0 atom stereocenters. The van der Waals surface area contributed by atoms with Gasteiger partial charge in [0.2, 0.25) is 0 Å². The summed E-state index contributed by atoms with van der Waals surface area (Å²) in [7, 11) is 0. The number of benzene rings is 2. The summed E-state index contributed by atoms with van der Waals surface area (Å²) < 4.78 is 0. The zero-order valence-corrected chi connectivity index (χ0v) is 13.7. The zero-order valence-electron chi connectivity index (χ0n) is 11.5. The number of nitrogens with zero attached hydrogens (tertiary/aromatic N) is 4. The van der Waals surface area contributed by atoms with Crippen LogP contribution in [-0.4, -0.2) is 20.2 Å². The molecule has 0 fully saturated rings. The molecule has 0 saturated carbocycles. The van der Waals surface area contributed by atoms with Crippen LogP contribution in [0.5, 0.6) is 0 Å². The topological polar surface area (TPSA) is 51.6 Å². The largest absolute Gasteiger partial charge is 0.254 e. The van der Waals surface area contributed by atoms with E-state index in [1.54, 1.807) is 36.8 Å². The monoisotopic (exact) mass is 360 g/mol. The predicted octanol–water partition coefficient (Wildman–Crippen LogP) is 5.20. The lowest BCUT2D eigenvalue weighted by molar-refractivity contribution is 1.12. The highest BCUT2D eigenvalue weighted by atomic mass is 35.5. The molecule has 0 bridgehead atoms. The van der Waals surface area contributed by atoms with Crippen molar-refractivity contribution in [2.24, 2.45) is 0 Å². The summed E-state index contributed by atoms with van der Waals surface area (Å²) in [4.78, 5) is 8.92. The van der Waals surface area contributed by atoms with E-state index in [1.165, 1.54) is 0 Å². The Balaban J connectivity index is 2.17. The lowest BCUT2D eigenvalue weighted by atomic mass is 10.1. The van der Waals surface area contributed by atoms with Crippen molar-refractivity contribution in [3.63, 3.8) is 0 Å². The van der Waals surface area contributed by atoms with E-state index in [2.05, 4.69) is 20.2 Å². The SMILES string of the molecule is Clc1ccc(-c2nccnc3c2cc(Cl)c2nncc23)c(Cl)c1. The van der Waals surface area contributed by atoms with Crippen LogP contribution in [0.4, 0.5) is 0 Å². The predicted molar refractivity (Wildman–Crippen MR) is 93.1 cm³/mol. The first-order valence-electron chi connectivity index (χ1n) is 6.65. The van der Waals surface area contributed by atoms with E-state index >= 15 is 0 Å². The van der Waals surface area contributed by atoms with Crippen molar-refractivity contribution in [3.05, 3.63) is 57.9 Å². The molecule has 2 heterocycles. The maximum atomic E-state index is 6.34. The second-order valence-corrected chi connectivity index (χ2v) is 6.14. The smallest absolute Gasteiger partial charge is 0.115 e. The van der Waals surface area contributed by atoms with Crippen molar-refractivity contribution in [3.8, 4) is 11.3 Å². The summed E-state index contributed by atoms with van der Waals surface area (Å²) in [6.07, 6.45) is 4.88. The molecule has 4 rings (SSSR count). The Morgan fingerprint density at radius 3 is 2.43 bits per heavy atom. The molecule has 0 N–H and O–H groups in total. The maximum Gasteiger partial charge on any atom is 0.115 e. The molecule has 2 aromatic carbocycles. The highest BCUT2D eigenvalue weighted by molar-refractivity contribution is 6.38. The minimum atomic E-state index is 0.492. The van der Waals surface area contributed by atoms with E-state index in [0.717, 1.165) is 16.3 Å². The third-order valence-corrected chi connectivity index (χ3v) is 4.36. The van der Waals surface area contributed by atoms with Gasteiger partial charge in [0, 0.05) is 28.4 Å². The molecule has 0 saturated heterocycles. The molecule has 4 aromatic rings. The van der Waals surface area contributed by atoms with Crippen LogP contribution in [0.3, 0.4) is 0 Å². The fourth-order valence-electron chi connectivity index (χ4n) is 2.52. The number of hydrogen-bond donors (Lipinski definition) is 0. The van der Waals surface area contributed by atoms with Crippen LogP contribution in [-0.2, 0) is 0 Å². The average molecular weight is 362 g/mol. The van der Waals surface area contributed by atoms with Crippen LogP contribution in [0.1, 0.15) is 0 Å². The number of fused-ring (bicyclic) bond motifs is 3. The molecule has 0 aliphatic heterocycles. The van der Waals surface area contributed by atoms with Gasteiger partial charge >= 0.3 is 0 Å². The van der Waals surface area contributed by atoms with Gasteiger partial charge in [-0.3, -0.25) is 9.97 Å². The van der Waals surface area contributed by atoms with Crippen molar-refractivity contribution in [1.82, 2.24) is 20.2 Å². The summed E-state index contributed by atoms with van der Waals surface area (Å²) in [6.45, 7) is 0. The Hall–Kier alpha value is -2.01. The molecule has 4 nitrogen and oxygen atoms in total. The first-order chi connectivity index (χ1) is 11.1. The lowest BCUT2D eigenvalue weighted by Gasteiger charge is -2.06. The number of halogens is 3. The summed E-state index contributed by atoms with van der Waals surface area (Å²) in [5, 5.41) is 11.1. The van der Waals surface area contributed by atoms with Gasteiger partial charge in [0.1, 0.15) is 5.52 Å². The van der Waals surface area contributed by atoms with E-state index in [4.69, 9.17) is 34.8 Å². The van der Waals surface area contributed by atoms with Crippen molar-refractivity contribution in [1.29, 1.82) is 0 Å². The normalized spacial score (nSPS) is 11.3. The summed E-state index contributed by atoms with van der Waals surface area (Å²) in [5.74, 6) is 0. The Kier molecular flexibility index (Phi) is 3.53. The van der Waals surface area contributed by atoms with Gasteiger partial charge in [-0.2, -0.15) is 5.10 Å². The van der Waals surface area contributed by atoms with E-state index in [0.29, 0.717) is 31.8 Å². The van der Waals surface area contributed by atoms with Crippen LogP contribution < -0.4 is 0 Å². The highest BCUT2D eigenvalue weighted by Gasteiger charge is 2.14. The number of hydrogen-bond acceptors (Lipinski definition) is 4. The first-order valence-corrected chi connectivity index (χ1v) is 7.78. The lowest BCUT2D eigenvalue weighted by Crippen LogP contribution is -1.85. The molecule has 0 radical (unpaired) electrons. The van der Waals surface area contributed by atoms with Gasteiger partial charge < -0.3 is 0 Å². The minimum Gasteiger partial charge on any atom is -0.254 e. The molecule has 112 valence electrons. The van der Waals surface area contributed by atoms with Gasteiger partial charge in [0.15, 0.2) is 0 Å².